The van der Waals surface area contributed by atoms with Crippen molar-refractivity contribution in [3.8, 4) is 17.2 Å². The quantitative estimate of drug-likeness (QED) is 0.167. The SMILES string of the molecule is CCCOc1ccc(C(=O)NCC(=O)NN=Cc2ccc(OC(=O)c3ccccc3)c(OCC)c2)cc1. The van der Waals surface area contributed by atoms with Gasteiger partial charge in [0, 0.05) is 5.56 Å². The molecule has 0 heterocycles. The Balaban J connectivity index is 1.51. The fraction of sp³-hybridized carbons (Fsp3) is 0.214. The third kappa shape index (κ3) is 8.50. The molecule has 3 rings (SSSR count). The predicted octanol–water partition coefficient (Wildman–Crippen LogP) is 3.97. The van der Waals surface area contributed by atoms with E-state index in [1.165, 1.54) is 6.21 Å². The van der Waals surface area contributed by atoms with E-state index in [0.29, 0.717) is 41.4 Å². The fourth-order valence-corrected chi connectivity index (χ4v) is 3.09. The molecule has 9 nitrogen and oxygen atoms in total. The van der Waals surface area contributed by atoms with Crippen LogP contribution in [0.5, 0.6) is 17.2 Å². The largest absolute Gasteiger partial charge is 0.494 e. The van der Waals surface area contributed by atoms with Crippen LogP contribution in [0.15, 0.2) is 77.9 Å². The van der Waals surface area contributed by atoms with Gasteiger partial charge in [0.25, 0.3) is 11.8 Å². The molecule has 0 unspecified atom stereocenters. The van der Waals surface area contributed by atoms with Crippen LogP contribution in [0, 0.1) is 0 Å². The summed E-state index contributed by atoms with van der Waals surface area (Å²) in [6.45, 7) is 4.54. The van der Waals surface area contributed by atoms with Gasteiger partial charge in [-0.15, -0.1) is 0 Å². The van der Waals surface area contributed by atoms with Crippen molar-refractivity contribution in [2.24, 2.45) is 5.10 Å². The highest BCUT2D eigenvalue weighted by molar-refractivity contribution is 5.96. The van der Waals surface area contributed by atoms with Crippen molar-refractivity contribution < 1.29 is 28.6 Å². The zero-order chi connectivity index (χ0) is 26.5. The summed E-state index contributed by atoms with van der Waals surface area (Å²) in [7, 11) is 0. The monoisotopic (exact) mass is 503 g/mol. The number of hydrazone groups is 1. The number of hydrogen-bond acceptors (Lipinski definition) is 7. The first-order chi connectivity index (χ1) is 18.0. The lowest BCUT2D eigenvalue weighted by molar-refractivity contribution is -0.120. The lowest BCUT2D eigenvalue weighted by Crippen LogP contribution is -2.34. The molecule has 0 spiro atoms. The predicted molar refractivity (Wildman–Crippen MR) is 139 cm³/mol. The minimum atomic E-state index is -0.502. The second-order valence-corrected chi connectivity index (χ2v) is 7.74. The molecule has 0 saturated carbocycles. The molecule has 0 bridgehead atoms. The van der Waals surface area contributed by atoms with Crippen LogP contribution in [0.1, 0.15) is 46.5 Å². The van der Waals surface area contributed by atoms with Gasteiger partial charge in [-0.3, -0.25) is 9.59 Å². The van der Waals surface area contributed by atoms with Gasteiger partial charge in [-0.2, -0.15) is 5.10 Å². The molecular weight excluding hydrogens is 474 g/mol. The van der Waals surface area contributed by atoms with Crippen molar-refractivity contribution >= 4 is 24.0 Å². The van der Waals surface area contributed by atoms with Gasteiger partial charge in [0.05, 0.1) is 31.5 Å². The number of amides is 2. The maximum Gasteiger partial charge on any atom is 0.343 e. The highest BCUT2D eigenvalue weighted by atomic mass is 16.6. The standard InChI is InChI=1S/C28H29N3O6/c1-3-16-36-23-13-11-21(12-14-23)27(33)29-19-26(32)31-30-18-20-10-15-24(25(17-20)35-4-2)37-28(34)22-8-6-5-7-9-22/h5-15,17-18H,3-4,16,19H2,1-2H3,(H,29,33)(H,31,32). The van der Waals surface area contributed by atoms with Crippen LogP contribution in [0.2, 0.25) is 0 Å². The number of nitrogens with zero attached hydrogens (tertiary/aromatic N) is 1. The van der Waals surface area contributed by atoms with Gasteiger partial charge in [0.2, 0.25) is 0 Å². The summed E-state index contributed by atoms with van der Waals surface area (Å²) in [4.78, 5) is 36.7. The molecule has 0 fully saturated rings. The van der Waals surface area contributed by atoms with Gasteiger partial charge in [-0.25, -0.2) is 10.2 Å². The normalized spacial score (nSPS) is 10.5. The van der Waals surface area contributed by atoms with Gasteiger partial charge in [-0.05, 0) is 73.5 Å². The van der Waals surface area contributed by atoms with Crippen LogP contribution in [-0.4, -0.2) is 43.8 Å². The number of carbonyl (C=O) groups excluding carboxylic acids is 3. The molecule has 0 aliphatic rings. The van der Waals surface area contributed by atoms with Crippen molar-refractivity contribution in [1.29, 1.82) is 0 Å². The van der Waals surface area contributed by atoms with E-state index >= 15 is 0 Å². The van der Waals surface area contributed by atoms with Gasteiger partial charge in [0.15, 0.2) is 11.5 Å². The van der Waals surface area contributed by atoms with E-state index < -0.39 is 11.9 Å². The van der Waals surface area contributed by atoms with Gasteiger partial charge in [-0.1, -0.05) is 25.1 Å². The summed E-state index contributed by atoms with van der Waals surface area (Å²) in [6, 6.07) is 20.2. The number of nitrogens with one attached hydrogen (secondary N) is 2. The molecule has 2 amide bonds. The molecule has 3 aromatic rings. The topological polar surface area (TPSA) is 115 Å². The van der Waals surface area contributed by atoms with Crippen LogP contribution in [0.4, 0.5) is 0 Å². The number of rotatable bonds is 12. The van der Waals surface area contributed by atoms with Crippen LogP contribution < -0.4 is 25.0 Å². The lowest BCUT2D eigenvalue weighted by atomic mass is 10.2. The molecule has 0 atom stereocenters. The molecule has 2 N–H and O–H groups in total. The minimum Gasteiger partial charge on any atom is -0.494 e. The first kappa shape index (κ1) is 26.9. The molecule has 0 saturated heterocycles. The maximum atomic E-state index is 12.4. The number of carbonyl (C=O) groups is 3. The van der Waals surface area contributed by atoms with E-state index in [4.69, 9.17) is 14.2 Å². The number of ether oxygens (including phenoxy) is 3. The molecule has 3 aromatic carbocycles. The fourth-order valence-electron chi connectivity index (χ4n) is 3.09. The number of benzene rings is 3. The second kappa shape index (κ2) is 14.0. The molecule has 0 radical (unpaired) electrons. The zero-order valence-electron chi connectivity index (χ0n) is 20.7. The molecule has 0 aliphatic carbocycles. The Morgan fingerprint density at radius 3 is 2.32 bits per heavy atom. The molecular formula is C28H29N3O6. The summed E-state index contributed by atoms with van der Waals surface area (Å²) >= 11 is 0. The molecule has 37 heavy (non-hydrogen) atoms. The van der Waals surface area contributed by atoms with Gasteiger partial charge < -0.3 is 19.5 Å². The van der Waals surface area contributed by atoms with E-state index in [2.05, 4.69) is 15.8 Å². The summed E-state index contributed by atoms with van der Waals surface area (Å²) in [5, 5.41) is 6.46. The van der Waals surface area contributed by atoms with Crippen molar-refractivity contribution in [3.05, 3.63) is 89.5 Å². The van der Waals surface area contributed by atoms with E-state index in [1.807, 2.05) is 19.9 Å². The number of esters is 1. The molecule has 0 aromatic heterocycles. The van der Waals surface area contributed by atoms with Crippen molar-refractivity contribution in [1.82, 2.24) is 10.7 Å². The third-order valence-electron chi connectivity index (χ3n) is 4.88. The maximum absolute atomic E-state index is 12.4. The van der Waals surface area contributed by atoms with E-state index in [0.717, 1.165) is 6.42 Å². The Morgan fingerprint density at radius 1 is 0.865 bits per heavy atom. The van der Waals surface area contributed by atoms with Crippen LogP contribution in [0.25, 0.3) is 0 Å². The highest BCUT2D eigenvalue weighted by Crippen LogP contribution is 2.29. The van der Waals surface area contributed by atoms with E-state index in [-0.39, 0.29) is 18.2 Å². The van der Waals surface area contributed by atoms with Crippen molar-refractivity contribution in [3.63, 3.8) is 0 Å². The molecule has 0 aliphatic heterocycles. The van der Waals surface area contributed by atoms with Gasteiger partial charge >= 0.3 is 5.97 Å². The van der Waals surface area contributed by atoms with Crippen molar-refractivity contribution in [2.75, 3.05) is 19.8 Å². The summed E-state index contributed by atoms with van der Waals surface area (Å²) in [5.41, 5.74) is 3.80. The Hall–Kier alpha value is -4.66. The molecule has 9 heteroatoms. The summed E-state index contributed by atoms with van der Waals surface area (Å²) in [5.74, 6) is -0.0717. The molecule has 192 valence electrons. The summed E-state index contributed by atoms with van der Waals surface area (Å²) < 4.78 is 16.6. The van der Waals surface area contributed by atoms with Gasteiger partial charge in [0.1, 0.15) is 5.75 Å². The Morgan fingerprint density at radius 2 is 1.62 bits per heavy atom. The average Bonchev–Trinajstić information content (AvgIpc) is 2.92. The Labute approximate surface area is 215 Å². The smallest absolute Gasteiger partial charge is 0.343 e. The summed E-state index contributed by atoms with van der Waals surface area (Å²) in [6.07, 6.45) is 2.31. The van der Waals surface area contributed by atoms with E-state index in [1.54, 1.807) is 66.7 Å². The first-order valence-corrected chi connectivity index (χ1v) is 11.9. The van der Waals surface area contributed by atoms with Crippen LogP contribution >= 0.6 is 0 Å². The highest BCUT2D eigenvalue weighted by Gasteiger charge is 2.13. The Bertz CT molecular complexity index is 1230. The lowest BCUT2D eigenvalue weighted by Gasteiger charge is -2.11. The first-order valence-electron chi connectivity index (χ1n) is 11.9. The van der Waals surface area contributed by atoms with Crippen molar-refractivity contribution in [2.45, 2.75) is 20.3 Å². The number of hydrogen-bond donors (Lipinski definition) is 2. The van der Waals surface area contributed by atoms with Crippen LogP contribution in [-0.2, 0) is 4.79 Å². The zero-order valence-corrected chi connectivity index (χ0v) is 20.7. The van der Waals surface area contributed by atoms with Crippen LogP contribution in [0.3, 0.4) is 0 Å². The second-order valence-electron chi connectivity index (χ2n) is 7.74. The Kier molecular flexibility index (Phi) is 10.2. The average molecular weight is 504 g/mol. The minimum absolute atomic E-state index is 0.247. The third-order valence-corrected chi connectivity index (χ3v) is 4.88. The van der Waals surface area contributed by atoms with E-state index in [9.17, 15) is 14.4 Å².